The number of nitrogens with zero attached hydrogens (tertiary/aromatic N) is 1. The molecule has 0 amide bonds. The van der Waals surface area contributed by atoms with Gasteiger partial charge in [-0.3, -0.25) is 9.69 Å². The molecule has 0 saturated heterocycles. The van der Waals surface area contributed by atoms with Crippen LogP contribution >= 0.6 is 0 Å². The third-order valence-electron chi connectivity index (χ3n) is 2.59. The van der Waals surface area contributed by atoms with Gasteiger partial charge in [-0.25, -0.2) is 0 Å². The predicted octanol–water partition coefficient (Wildman–Crippen LogP) is 2.53. The van der Waals surface area contributed by atoms with Gasteiger partial charge in [0, 0.05) is 5.54 Å². The fourth-order valence-electron chi connectivity index (χ4n) is 1.78. The molecule has 0 aliphatic carbocycles. The minimum absolute atomic E-state index is 0.00532. The summed E-state index contributed by atoms with van der Waals surface area (Å²) in [6.45, 7) is 7.94. The van der Waals surface area contributed by atoms with Crippen LogP contribution in [0.1, 0.15) is 39.5 Å². The van der Waals surface area contributed by atoms with Crippen molar-refractivity contribution in [3.05, 3.63) is 24.2 Å². The lowest BCUT2D eigenvalue weighted by Crippen LogP contribution is -2.45. The van der Waals surface area contributed by atoms with Crippen LogP contribution < -0.4 is 0 Å². The van der Waals surface area contributed by atoms with Crippen LogP contribution in [0.15, 0.2) is 22.8 Å². The second-order valence-electron chi connectivity index (χ2n) is 4.88. The first-order valence-corrected chi connectivity index (χ1v) is 5.34. The molecule has 4 nitrogen and oxygen atoms in total. The van der Waals surface area contributed by atoms with Crippen molar-refractivity contribution in [3.8, 4) is 0 Å². The van der Waals surface area contributed by atoms with Crippen LogP contribution in [0.4, 0.5) is 0 Å². The molecule has 1 heterocycles. The van der Waals surface area contributed by atoms with Crippen LogP contribution in [0.3, 0.4) is 0 Å². The van der Waals surface area contributed by atoms with Crippen molar-refractivity contribution in [1.82, 2.24) is 4.90 Å². The van der Waals surface area contributed by atoms with Crippen molar-refractivity contribution in [3.63, 3.8) is 0 Å². The summed E-state index contributed by atoms with van der Waals surface area (Å²) < 4.78 is 5.32. The molecule has 16 heavy (non-hydrogen) atoms. The topological polar surface area (TPSA) is 53.7 Å². The Morgan fingerprint density at radius 2 is 2.19 bits per heavy atom. The largest absolute Gasteiger partial charge is 0.480 e. The zero-order valence-corrected chi connectivity index (χ0v) is 10.2. The fourth-order valence-corrected chi connectivity index (χ4v) is 1.78. The van der Waals surface area contributed by atoms with Crippen molar-refractivity contribution in [1.29, 1.82) is 0 Å². The lowest BCUT2D eigenvalue weighted by Gasteiger charge is -2.38. The van der Waals surface area contributed by atoms with Crippen LogP contribution in [0.25, 0.3) is 0 Å². The summed E-state index contributed by atoms with van der Waals surface area (Å²) in [6, 6.07) is 3.63. The van der Waals surface area contributed by atoms with E-state index in [9.17, 15) is 4.79 Å². The van der Waals surface area contributed by atoms with Crippen molar-refractivity contribution in [2.24, 2.45) is 0 Å². The van der Waals surface area contributed by atoms with E-state index in [0.717, 1.165) is 5.76 Å². The van der Waals surface area contributed by atoms with Crippen molar-refractivity contribution < 1.29 is 14.3 Å². The predicted molar refractivity (Wildman–Crippen MR) is 61.2 cm³/mol. The molecule has 1 aromatic rings. The van der Waals surface area contributed by atoms with Gasteiger partial charge >= 0.3 is 5.97 Å². The second kappa shape index (κ2) is 4.70. The van der Waals surface area contributed by atoms with Crippen LogP contribution in [0.2, 0.25) is 0 Å². The summed E-state index contributed by atoms with van der Waals surface area (Å²) in [7, 11) is 0. The molecule has 1 unspecified atom stereocenters. The van der Waals surface area contributed by atoms with Crippen LogP contribution in [0, 0.1) is 0 Å². The first-order chi connectivity index (χ1) is 7.32. The standard InChI is InChI=1S/C12H19NO3/c1-9(10-6-5-7-16-10)13(8-11(14)15)12(2,3)4/h5-7,9H,8H2,1-4H3,(H,14,15). The molecule has 0 fully saturated rings. The monoisotopic (exact) mass is 225 g/mol. The number of carboxylic acid groups (broad SMARTS) is 1. The molecule has 0 radical (unpaired) electrons. The van der Waals surface area contributed by atoms with Gasteiger partial charge in [-0.2, -0.15) is 0 Å². The van der Waals surface area contributed by atoms with E-state index in [4.69, 9.17) is 9.52 Å². The summed E-state index contributed by atoms with van der Waals surface area (Å²) in [5.74, 6) is -0.0375. The van der Waals surface area contributed by atoms with Crippen molar-refractivity contribution >= 4 is 5.97 Å². The van der Waals surface area contributed by atoms with E-state index in [-0.39, 0.29) is 18.1 Å². The van der Waals surface area contributed by atoms with Gasteiger partial charge in [-0.15, -0.1) is 0 Å². The summed E-state index contributed by atoms with van der Waals surface area (Å²) in [5, 5.41) is 8.92. The van der Waals surface area contributed by atoms with E-state index in [0.29, 0.717) is 0 Å². The maximum absolute atomic E-state index is 10.9. The number of carbonyl (C=O) groups is 1. The maximum atomic E-state index is 10.9. The molecule has 0 saturated carbocycles. The quantitative estimate of drug-likeness (QED) is 0.855. The summed E-state index contributed by atoms with van der Waals surface area (Å²) in [6.07, 6.45) is 1.60. The molecule has 1 rings (SSSR count). The van der Waals surface area contributed by atoms with E-state index < -0.39 is 5.97 Å². The first kappa shape index (κ1) is 12.8. The summed E-state index contributed by atoms with van der Waals surface area (Å²) in [4.78, 5) is 12.8. The smallest absolute Gasteiger partial charge is 0.317 e. The second-order valence-corrected chi connectivity index (χ2v) is 4.88. The van der Waals surface area contributed by atoms with E-state index in [2.05, 4.69) is 0 Å². The SMILES string of the molecule is CC(c1ccco1)N(CC(=O)O)C(C)(C)C. The Bertz CT molecular complexity index is 338. The highest BCUT2D eigenvalue weighted by molar-refractivity contribution is 5.69. The Hall–Kier alpha value is -1.29. The van der Waals surface area contributed by atoms with Gasteiger partial charge < -0.3 is 9.52 Å². The molecule has 1 aromatic heterocycles. The third-order valence-corrected chi connectivity index (χ3v) is 2.59. The van der Waals surface area contributed by atoms with Gasteiger partial charge in [0.05, 0.1) is 18.8 Å². The highest BCUT2D eigenvalue weighted by Gasteiger charge is 2.30. The number of furan rings is 1. The van der Waals surface area contributed by atoms with E-state index >= 15 is 0 Å². The van der Waals surface area contributed by atoms with Crippen molar-refractivity contribution in [2.45, 2.75) is 39.3 Å². The Morgan fingerprint density at radius 3 is 2.56 bits per heavy atom. The van der Waals surface area contributed by atoms with Gasteiger partial charge in [0.2, 0.25) is 0 Å². The van der Waals surface area contributed by atoms with Gasteiger partial charge in [0.1, 0.15) is 5.76 Å². The number of aliphatic carboxylic acids is 1. The third kappa shape index (κ3) is 3.10. The van der Waals surface area contributed by atoms with Crippen LogP contribution in [-0.4, -0.2) is 28.1 Å². The van der Waals surface area contributed by atoms with E-state index in [1.54, 1.807) is 6.26 Å². The van der Waals surface area contributed by atoms with Gasteiger partial charge in [0.25, 0.3) is 0 Å². The molecule has 0 aliphatic rings. The zero-order valence-electron chi connectivity index (χ0n) is 10.2. The Kier molecular flexibility index (Phi) is 3.75. The summed E-state index contributed by atoms with van der Waals surface area (Å²) in [5.41, 5.74) is -0.218. The lowest BCUT2D eigenvalue weighted by molar-refractivity contribution is -0.140. The number of hydrogen-bond acceptors (Lipinski definition) is 3. The average Bonchev–Trinajstić information content (AvgIpc) is 2.63. The van der Waals surface area contributed by atoms with Crippen LogP contribution in [-0.2, 0) is 4.79 Å². The van der Waals surface area contributed by atoms with Gasteiger partial charge in [-0.05, 0) is 39.8 Å². The average molecular weight is 225 g/mol. The minimum Gasteiger partial charge on any atom is -0.480 e. The maximum Gasteiger partial charge on any atom is 0.317 e. The number of hydrogen-bond donors (Lipinski definition) is 1. The zero-order chi connectivity index (χ0) is 12.3. The molecule has 90 valence electrons. The normalized spacial score (nSPS) is 14.1. The highest BCUT2D eigenvalue weighted by atomic mass is 16.4. The molecular weight excluding hydrogens is 206 g/mol. The van der Waals surface area contributed by atoms with Gasteiger partial charge in [-0.1, -0.05) is 0 Å². The summed E-state index contributed by atoms with van der Waals surface area (Å²) >= 11 is 0. The number of carboxylic acids is 1. The Morgan fingerprint density at radius 1 is 1.56 bits per heavy atom. The van der Waals surface area contributed by atoms with Crippen LogP contribution in [0.5, 0.6) is 0 Å². The van der Waals surface area contributed by atoms with Crippen molar-refractivity contribution in [2.75, 3.05) is 6.54 Å². The molecule has 1 N–H and O–H groups in total. The van der Waals surface area contributed by atoms with E-state index in [1.165, 1.54) is 0 Å². The minimum atomic E-state index is -0.826. The van der Waals surface area contributed by atoms with E-state index in [1.807, 2.05) is 44.7 Å². The molecule has 0 aliphatic heterocycles. The van der Waals surface area contributed by atoms with Gasteiger partial charge in [0.15, 0.2) is 0 Å². The Balaban J connectivity index is 2.89. The molecule has 0 spiro atoms. The lowest BCUT2D eigenvalue weighted by atomic mass is 10.0. The fraction of sp³-hybridized carbons (Fsp3) is 0.583. The highest BCUT2D eigenvalue weighted by Crippen LogP contribution is 2.27. The molecular formula is C12H19NO3. The molecule has 0 bridgehead atoms. The molecule has 0 aromatic carbocycles. The Labute approximate surface area is 95.9 Å². The number of rotatable bonds is 4. The first-order valence-electron chi connectivity index (χ1n) is 5.34. The molecule has 1 atom stereocenters. The molecule has 4 heteroatoms.